The Bertz CT molecular complexity index is 826. The van der Waals surface area contributed by atoms with Gasteiger partial charge >= 0.3 is 6.03 Å². The molecule has 0 spiro atoms. The molecule has 1 aliphatic rings. The Labute approximate surface area is 155 Å². The van der Waals surface area contributed by atoms with Crippen LogP contribution in [0, 0.1) is 17.0 Å². The van der Waals surface area contributed by atoms with Crippen molar-refractivity contribution in [2.24, 2.45) is 0 Å². The summed E-state index contributed by atoms with van der Waals surface area (Å²) in [5.41, 5.74) is 1.85. The fourth-order valence-electron chi connectivity index (χ4n) is 2.80. The van der Waals surface area contributed by atoms with Gasteiger partial charge in [0.05, 0.1) is 18.1 Å². The van der Waals surface area contributed by atoms with E-state index in [9.17, 15) is 14.9 Å². The highest BCUT2D eigenvalue weighted by Crippen LogP contribution is 2.25. The van der Waals surface area contributed by atoms with Gasteiger partial charge in [-0.05, 0) is 30.7 Å². The number of nitrogens with zero attached hydrogens (tertiary/aromatic N) is 2. The van der Waals surface area contributed by atoms with Gasteiger partial charge in [0.2, 0.25) is 0 Å². The number of carbonyl (C=O) groups is 1. The molecule has 2 amide bonds. The van der Waals surface area contributed by atoms with Crippen LogP contribution < -0.4 is 5.32 Å². The quantitative estimate of drug-likeness (QED) is 0.644. The van der Waals surface area contributed by atoms with Crippen molar-refractivity contribution in [1.82, 2.24) is 4.90 Å². The summed E-state index contributed by atoms with van der Waals surface area (Å²) in [6, 6.07) is 11.6. The molecule has 0 saturated carbocycles. The molecule has 1 unspecified atom stereocenters. The number of nitro benzene ring substituents is 1. The first-order valence-electron chi connectivity index (χ1n) is 8.12. The van der Waals surface area contributed by atoms with Gasteiger partial charge in [-0.25, -0.2) is 4.79 Å². The number of carbonyl (C=O) groups excluding carboxylic acids is 1. The number of benzene rings is 2. The smallest absolute Gasteiger partial charge is 0.322 e. The number of amides is 2. The number of hydrogen-bond donors (Lipinski definition) is 1. The van der Waals surface area contributed by atoms with Crippen molar-refractivity contribution in [2.75, 3.05) is 25.0 Å². The zero-order valence-electron chi connectivity index (χ0n) is 14.1. The number of halogens is 1. The van der Waals surface area contributed by atoms with E-state index in [0.717, 1.165) is 5.56 Å². The van der Waals surface area contributed by atoms with Gasteiger partial charge in [0.25, 0.3) is 5.69 Å². The molecular weight excluding hydrogens is 358 g/mol. The van der Waals surface area contributed by atoms with Crippen molar-refractivity contribution in [1.29, 1.82) is 0 Å². The third kappa shape index (κ3) is 4.12. The fourth-order valence-corrected chi connectivity index (χ4v) is 2.93. The molecule has 1 atom stereocenters. The molecule has 0 aromatic heterocycles. The molecule has 0 aliphatic carbocycles. The average Bonchev–Trinajstić information content (AvgIpc) is 2.64. The second kappa shape index (κ2) is 7.72. The minimum Gasteiger partial charge on any atom is -0.370 e. The van der Waals surface area contributed by atoms with Crippen LogP contribution in [0.2, 0.25) is 5.02 Å². The van der Waals surface area contributed by atoms with E-state index in [4.69, 9.17) is 16.3 Å². The van der Waals surface area contributed by atoms with Gasteiger partial charge < -0.3 is 15.0 Å². The predicted molar refractivity (Wildman–Crippen MR) is 98.6 cm³/mol. The zero-order chi connectivity index (χ0) is 18.7. The van der Waals surface area contributed by atoms with Crippen LogP contribution >= 0.6 is 11.6 Å². The Balaban J connectivity index is 1.69. The molecule has 1 heterocycles. The van der Waals surface area contributed by atoms with Crippen LogP contribution in [0.25, 0.3) is 0 Å². The summed E-state index contributed by atoms with van der Waals surface area (Å²) in [5, 5.41) is 14.4. The maximum absolute atomic E-state index is 12.5. The van der Waals surface area contributed by atoms with Crippen molar-refractivity contribution in [3.05, 3.63) is 68.7 Å². The summed E-state index contributed by atoms with van der Waals surface area (Å²) in [6.07, 6.45) is -0.237. The summed E-state index contributed by atoms with van der Waals surface area (Å²) < 4.78 is 5.75. The SMILES string of the molecule is Cc1ccc(NC(=O)N2CCOC(c3ccc(Cl)cc3)C2)cc1[N+](=O)[O-]. The number of rotatable bonds is 3. The lowest BCUT2D eigenvalue weighted by molar-refractivity contribution is -0.385. The second-order valence-corrected chi connectivity index (χ2v) is 6.48. The Morgan fingerprint density at radius 2 is 2.04 bits per heavy atom. The first-order valence-corrected chi connectivity index (χ1v) is 8.50. The van der Waals surface area contributed by atoms with Gasteiger partial charge in [-0.1, -0.05) is 29.8 Å². The number of anilines is 1. The highest BCUT2D eigenvalue weighted by atomic mass is 35.5. The summed E-state index contributed by atoms with van der Waals surface area (Å²) in [6.45, 7) is 2.91. The highest BCUT2D eigenvalue weighted by molar-refractivity contribution is 6.30. The fraction of sp³-hybridized carbons (Fsp3) is 0.278. The molecule has 7 nitrogen and oxygen atoms in total. The maximum Gasteiger partial charge on any atom is 0.322 e. The summed E-state index contributed by atoms with van der Waals surface area (Å²) in [5.74, 6) is 0. The lowest BCUT2D eigenvalue weighted by Gasteiger charge is -2.33. The summed E-state index contributed by atoms with van der Waals surface area (Å²) >= 11 is 5.90. The molecule has 26 heavy (non-hydrogen) atoms. The molecule has 1 fully saturated rings. The number of morpholine rings is 1. The number of nitro groups is 1. The molecule has 1 saturated heterocycles. The Morgan fingerprint density at radius 3 is 2.73 bits per heavy atom. The first-order chi connectivity index (χ1) is 12.4. The largest absolute Gasteiger partial charge is 0.370 e. The van der Waals surface area contributed by atoms with E-state index in [0.29, 0.717) is 36.0 Å². The van der Waals surface area contributed by atoms with Crippen LogP contribution in [-0.4, -0.2) is 35.6 Å². The monoisotopic (exact) mass is 375 g/mol. The van der Waals surface area contributed by atoms with Crippen LogP contribution in [0.5, 0.6) is 0 Å². The molecule has 1 aliphatic heterocycles. The van der Waals surface area contributed by atoms with Gasteiger partial charge in [-0.3, -0.25) is 10.1 Å². The van der Waals surface area contributed by atoms with E-state index >= 15 is 0 Å². The average molecular weight is 376 g/mol. The van der Waals surface area contributed by atoms with E-state index in [1.54, 1.807) is 36.1 Å². The van der Waals surface area contributed by atoms with Crippen molar-refractivity contribution >= 4 is 29.0 Å². The standard InChI is InChI=1S/C18H18ClN3O4/c1-12-2-7-15(10-16(12)22(24)25)20-18(23)21-8-9-26-17(11-21)13-3-5-14(19)6-4-13/h2-7,10,17H,8-9,11H2,1H3,(H,20,23). The normalized spacial score (nSPS) is 17.0. The molecule has 0 radical (unpaired) electrons. The minimum atomic E-state index is -0.462. The number of hydrogen-bond acceptors (Lipinski definition) is 4. The Kier molecular flexibility index (Phi) is 5.39. The molecule has 1 N–H and O–H groups in total. The van der Waals surface area contributed by atoms with Gasteiger partial charge in [0, 0.05) is 28.9 Å². The molecule has 2 aromatic rings. The third-order valence-electron chi connectivity index (χ3n) is 4.25. The highest BCUT2D eigenvalue weighted by Gasteiger charge is 2.25. The van der Waals surface area contributed by atoms with E-state index in [1.165, 1.54) is 6.07 Å². The number of ether oxygens (including phenoxy) is 1. The van der Waals surface area contributed by atoms with Crippen molar-refractivity contribution in [3.8, 4) is 0 Å². The third-order valence-corrected chi connectivity index (χ3v) is 4.50. The molecule has 2 aromatic carbocycles. The molecule has 8 heteroatoms. The summed E-state index contributed by atoms with van der Waals surface area (Å²) in [7, 11) is 0. The van der Waals surface area contributed by atoms with Gasteiger partial charge in [0.15, 0.2) is 0 Å². The molecule has 0 bridgehead atoms. The van der Waals surface area contributed by atoms with Crippen molar-refractivity contribution in [3.63, 3.8) is 0 Å². The van der Waals surface area contributed by atoms with Crippen LogP contribution in [0.3, 0.4) is 0 Å². The van der Waals surface area contributed by atoms with Crippen LogP contribution in [-0.2, 0) is 4.74 Å². The number of nitrogens with one attached hydrogen (secondary N) is 1. The van der Waals surface area contributed by atoms with E-state index in [-0.39, 0.29) is 17.8 Å². The predicted octanol–water partition coefficient (Wildman–Crippen LogP) is 4.16. The van der Waals surface area contributed by atoms with Crippen LogP contribution in [0.4, 0.5) is 16.2 Å². The van der Waals surface area contributed by atoms with E-state index in [1.807, 2.05) is 12.1 Å². The Morgan fingerprint density at radius 1 is 1.31 bits per heavy atom. The lowest BCUT2D eigenvalue weighted by atomic mass is 10.1. The first kappa shape index (κ1) is 18.2. The van der Waals surface area contributed by atoms with E-state index < -0.39 is 4.92 Å². The van der Waals surface area contributed by atoms with Crippen LogP contribution in [0.1, 0.15) is 17.2 Å². The lowest BCUT2D eigenvalue weighted by Crippen LogP contribution is -2.44. The molecule has 136 valence electrons. The molecular formula is C18H18ClN3O4. The number of urea groups is 1. The summed E-state index contributed by atoms with van der Waals surface area (Å²) in [4.78, 5) is 24.7. The van der Waals surface area contributed by atoms with Gasteiger partial charge in [-0.15, -0.1) is 0 Å². The second-order valence-electron chi connectivity index (χ2n) is 6.05. The minimum absolute atomic E-state index is 0.0242. The Hall–Kier alpha value is -2.64. The molecule has 3 rings (SSSR count). The van der Waals surface area contributed by atoms with Crippen LogP contribution in [0.15, 0.2) is 42.5 Å². The maximum atomic E-state index is 12.5. The van der Waals surface area contributed by atoms with Crippen molar-refractivity contribution in [2.45, 2.75) is 13.0 Å². The van der Waals surface area contributed by atoms with Gasteiger partial charge in [-0.2, -0.15) is 0 Å². The van der Waals surface area contributed by atoms with E-state index in [2.05, 4.69) is 5.32 Å². The van der Waals surface area contributed by atoms with Gasteiger partial charge in [0.1, 0.15) is 6.10 Å². The number of aryl methyl sites for hydroxylation is 1. The topological polar surface area (TPSA) is 84.7 Å². The van der Waals surface area contributed by atoms with Crippen molar-refractivity contribution < 1.29 is 14.5 Å². The zero-order valence-corrected chi connectivity index (χ0v) is 14.9.